The van der Waals surface area contributed by atoms with Crippen LogP contribution in [0, 0.1) is 26.6 Å². The van der Waals surface area contributed by atoms with Gasteiger partial charge in [0, 0.05) is 10.0 Å². The minimum Gasteiger partial charge on any atom is -0.465 e. The summed E-state index contributed by atoms with van der Waals surface area (Å²) in [5.41, 5.74) is 0.998. The SMILES string of the molecule is Cc1oc(C)c(C(=O)OCC(=O)Nc2ccc(Br)cc2F)c1C. The van der Waals surface area contributed by atoms with Gasteiger partial charge in [0.1, 0.15) is 22.9 Å². The van der Waals surface area contributed by atoms with E-state index in [0.29, 0.717) is 27.1 Å². The van der Waals surface area contributed by atoms with Crippen molar-refractivity contribution in [3.63, 3.8) is 0 Å². The summed E-state index contributed by atoms with van der Waals surface area (Å²) in [5, 5.41) is 2.34. The maximum atomic E-state index is 13.6. The number of esters is 1. The predicted molar refractivity (Wildman–Crippen MR) is 85.9 cm³/mol. The van der Waals surface area contributed by atoms with E-state index in [0.717, 1.165) is 0 Å². The normalized spacial score (nSPS) is 10.5. The van der Waals surface area contributed by atoms with Crippen LogP contribution in [0.15, 0.2) is 27.1 Å². The second-order valence-electron chi connectivity index (χ2n) is 4.96. The molecule has 1 aromatic heterocycles. The molecular weight excluding hydrogens is 369 g/mol. The van der Waals surface area contributed by atoms with Crippen LogP contribution in [0.2, 0.25) is 0 Å². The number of aryl methyl sites for hydroxylation is 2. The first-order valence-corrected chi connectivity index (χ1v) is 7.57. The fourth-order valence-electron chi connectivity index (χ4n) is 2.07. The van der Waals surface area contributed by atoms with Crippen LogP contribution in [0.1, 0.15) is 27.4 Å². The van der Waals surface area contributed by atoms with Crippen molar-refractivity contribution >= 4 is 33.5 Å². The van der Waals surface area contributed by atoms with Crippen LogP contribution in [0.3, 0.4) is 0 Å². The number of carbonyl (C=O) groups is 2. The number of hydrogen-bond donors (Lipinski definition) is 1. The Labute approximate surface area is 140 Å². The first kappa shape index (κ1) is 17.2. The summed E-state index contributed by atoms with van der Waals surface area (Å²) in [4.78, 5) is 23.8. The van der Waals surface area contributed by atoms with E-state index in [9.17, 15) is 14.0 Å². The summed E-state index contributed by atoms with van der Waals surface area (Å²) in [6, 6.07) is 4.22. The van der Waals surface area contributed by atoms with E-state index in [2.05, 4.69) is 21.2 Å². The zero-order valence-corrected chi connectivity index (χ0v) is 14.4. The van der Waals surface area contributed by atoms with Gasteiger partial charge in [0.15, 0.2) is 6.61 Å². The van der Waals surface area contributed by atoms with Gasteiger partial charge in [-0.2, -0.15) is 0 Å². The van der Waals surface area contributed by atoms with E-state index in [-0.39, 0.29) is 5.69 Å². The minimum absolute atomic E-state index is 0.0146. The lowest BCUT2D eigenvalue weighted by atomic mass is 10.1. The molecule has 23 heavy (non-hydrogen) atoms. The van der Waals surface area contributed by atoms with Crippen molar-refractivity contribution in [2.75, 3.05) is 11.9 Å². The highest BCUT2D eigenvalue weighted by Crippen LogP contribution is 2.22. The van der Waals surface area contributed by atoms with Crippen LogP contribution in [-0.4, -0.2) is 18.5 Å². The smallest absolute Gasteiger partial charge is 0.342 e. The number of ether oxygens (including phenoxy) is 1. The lowest BCUT2D eigenvalue weighted by Gasteiger charge is -2.08. The van der Waals surface area contributed by atoms with Gasteiger partial charge < -0.3 is 14.5 Å². The van der Waals surface area contributed by atoms with Crippen molar-refractivity contribution in [1.82, 2.24) is 0 Å². The Hall–Kier alpha value is -2.15. The molecule has 5 nitrogen and oxygen atoms in total. The molecule has 0 radical (unpaired) electrons. The zero-order chi connectivity index (χ0) is 17.1. The highest BCUT2D eigenvalue weighted by Gasteiger charge is 2.21. The molecule has 0 atom stereocenters. The van der Waals surface area contributed by atoms with E-state index < -0.39 is 24.3 Å². The third kappa shape index (κ3) is 3.98. The molecule has 0 saturated heterocycles. The summed E-state index contributed by atoms with van der Waals surface area (Å²) < 4.78 is 24.5. The number of nitrogens with one attached hydrogen (secondary N) is 1. The molecule has 0 aliphatic carbocycles. The molecule has 1 amide bonds. The van der Waals surface area contributed by atoms with Crippen molar-refractivity contribution in [1.29, 1.82) is 0 Å². The van der Waals surface area contributed by atoms with E-state index in [1.54, 1.807) is 26.8 Å². The largest absolute Gasteiger partial charge is 0.465 e. The molecule has 0 saturated carbocycles. The summed E-state index contributed by atoms with van der Waals surface area (Å²) in [6.07, 6.45) is 0. The summed E-state index contributed by atoms with van der Waals surface area (Å²) in [5.74, 6) is -0.810. The molecule has 0 spiro atoms. The quantitative estimate of drug-likeness (QED) is 0.812. The van der Waals surface area contributed by atoms with Crippen LogP contribution in [0.4, 0.5) is 10.1 Å². The average Bonchev–Trinajstić information content (AvgIpc) is 2.73. The van der Waals surface area contributed by atoms with Crippen LogP contribution >= 0.6 is 15.9 Å². The third-order valence-corrected chi connectivity index (χ3v) is 3.80. The fraction of sp³-hybridized carbons (Fsp3) is 0.250. The van der Waals surface area contributed by atoms with Gasteiger partial charge >= 0.3 is 5.97 Å². The van der Waals surface area contributed by atoms with Gasteiger partial charge in [-0.15, -0.1) is 0 Å². The maximum Gasteiger partial charge on any atom is 0.342 e. The van der Waals surface area contributed by atoms with Gasteiger partial charge in [-0.1, -0.05) is 15.9 Å². The Bertz CT molecular complexity index is 770. The number of carbonyl (C=O) groups excluding carboxylic acids is 2. The van der Waals surface area contributed by atoms with Gasteiger partial charge in [0.25, 0.3) is 5.91 Å². The summed E-state index contributed by atoms with van der Waals surface area (Å²) in [7, 11) is 0. The minimum atomic E-state index is -0.650. The molecule has 0 fully saturated rings. The third-order valence-electron chi connectivity index (χ3n) is 3.31. The first-order chi connectivity index (χ1) is 10.8. The number of hydrogen-bond acceptors (Lipinski definition) is 4. The Morgan fingerprint density at radius 2 is 1.96 bits per heavy atom. The van der Waals surface area contributed by atoms with Crippen LogP contribution < -0.4 is 5.32 Å². The lowest BCUT2D eigenvalue weighted by molar-refractivity contribution is -0.119. The van der Waals surface area contributed by atoms with Crippen molar-refractivity contribution in [3.8, 4) is 0 Å². The highest BCUT2D eigenvalue weighted by molar-refractivity contribution is 9.10. The standard InChI is InChI=1S/C16H15BrFNO4/c1-8-9(2)23-10(3)15(8)16(21)22-7-14(20)19-13-5-4-11(17)6-12(13)18/h4-6H,7H2,1-3H3,(H,19,20). The van der Waals surface area contributed by atoms with Crippen LogP contribution in [0.25, 0.3) is 0 Å². The monoisotopic (exact) mass is 383 g/mol. The van der Waals surface area contributed by atoms with E-state index >= 15 is 0 Å². The topological polar surface area (TPSA) is 68.5 Å². The van der Waals surface area contributed by atoms with Crippen molar-refractivity contribution in [2.45, 2.75) is 20.8 Å². The fourth-order valence-corrected chi connectivity index (χ4v) is 2.41. The zero-order valence-electron chi connectivity index (χ0n) is 12.8. The molecule has 0 bridgehead atoms. The van der Waals surface area contributed by atoms with Crippen molar-refractivity contribution in [2.24, 2.45) is 0 Å². The predicted octanol–water partition coefficient (Wildman–Crippen LogP) is 3.90. The van der Waals surface area contributed by atoms with E-state index in [1.165, 1.54) is 12.1 Å². The average molecular weight is 384 g/mol. The lowest BCUT2D eigenvalue weighted by Crippen LogP contribution is -2.21. The Morgan fingerprint density at radius 1 is 1.26 bits per heavy atom. The molecule has 2 aromatic rings. The van der Waals surface area contributed by atoms with Crippen LogP contribution in [-0.2, 0) is 9.53 Å². The highest BCUT2D eigenvalue weighted by atomic mass is 79.9. The molecule has 0 unspecified atom stereocenters. The van der Waals surface area contributed by atoms with Crippen molar-refractivity contribution < 1.29 is 23.1 Å². The van der Waals surface area contributed by atoms with Gasteiger partial charge in [-0.25, -0.2) is 9.18 Å². The molecule has 7 heteroatoms. The molecule has 2 rings (SSSR count). The molecule has 122 valence electrons. The summed E-state index contributed by atoms with van der Waals surface area (Å²) in [6.45, 7) is 4.60. The number of amides is 1. The number of benzene rings is 1. The maximum absolute atomic E-state index is 13.6. The molecule has 0 aliphatic heterocycles. The van der Waals surface area contributed by atoms with Crippen molar-refractivity contribution in [3.05, 3.63) is 51.1 Å². The van der Waals surface area contributed by atoms with Gasteiger partial charge in [0.05, 0.1) is 5.69 Å². The van der Waals surface area contributed by atoms with Gasteiger partial charge in [0.2, 0.25) is 0 Å². The Kier molecular flexibility index (Phi) is 5.20. The number of furan rings is 1. The molecule has 0 aliphatic rings. The van der Waals surface area contributed by atoms with E-state index in [1.807, 2.05) is 0 Å². The first-order valence-electron chi connectivity index (χ1n) is 6.78. The second-order valence-corrected chi connectivity index (χ2v) is 5.88. The second kappa shape index (κ2) is 6.95. The number of anilines is 1. The summed E-state index contributed by atoms with van der Waals surface area (Å²) >= 11 is 3.12. The molecular formula is C16H15BrFNO4. The molecule has 1 aromatic carbocycles. The number of halogens is 2. The van der Waals surface area contributed by atoms with E-state index in [4.69, 9.17) is 9.15 Å². The number of rotatable bonds is 4. The van der Waals surface area contributed by atoms with Gasteiger partial charge in [-0.3, -0.25) is 4.79 Å². The molecule has 1 N–H and O–H groups in total. The molecule has 1 heterocycles. The van der Waals surface area contributed by atoms with Crippen LogP contribution in [0.5, 0.6) is 0 Å². The van der Waals surface area contributed by atoms with Gasteiger partial charge in [-0.05, 0) is 39.0 Å². The Balaban J connectivity index is 1.97. The Morgan fingerprint density at radius 3 is 2.52 bits per heavy atom.